The molecule has 3 rings (SSSR count). The molecule has 4 nitrogen and oxygen atoms in total. The molecule has 2 aromatic carbocycles. The number of rotatable bonds is 5. The number of amides is 1. The number of nitrogens with zero attached hydrogens (tertiary/aromatic N) is 2. The summed E-state index contributed by atoms with van der Waals surface area (Å²) in [4.78, 5) is 17.6. The van der Waals surface area contributed by atoms with Crippen LogP contribution in [0.1, 0.15) is 5.56 Å². The lowest BCUT2D eigenvalue weighted by atomic mass is 10.1. The zero-order valence-electron chi connectivity index (χ0n) is 13.4. The highest BCUT2D eigenvalue weighted by Crippen LogP contribution is 2.34. The molecule has 7 heteroatoms. The monoisotopic (exact) mass is 391 g/mol. The maximum atomic E-state index is 12.4. The fraction of sp³-hybridized carbons (Fsp3) is 0.111. The standard InChI is InChI=1S/C18H15Cl2N3OS/c1-23-9-8-21-18(23)25-16-7-6-14(20)11-15(16)22-17(24)10-12-2-4-13(19)5-3-12/h2-9,11H,10H2,1H3,(H,22,24). The average Bonchev–Trinajstić information content (AvgIpc) is 2.97. The predicted octanol–water partition coefficient (Wildman–Crippen LogP) is 5.06. The van der Waals surface area contributed by atoms with Gasteiger partial charge in [0, 0.05) is 34.4 Å². The number of benzene rings is 2. The van der Waals surface area contributed by atoms with Gasteiger partial charge in [-0.3, -0.25) is 4.79 Å². The van der Waals surface area contributed by atoms with Crippen molar-refractivity contribution < 1.29 is 4.79 Å². The number of carbonyl (C=O) groups is 1. The Morgan fingerprint density at radius 1 is 1.16 bits per heavy atom. The smallest absolute Gasteiger partial charge is 0.228 e. The lowest BCUT2D eigenvalue weighted by molar-refractivity contribution is -0.115. The van der Waals surface area contributed by atoms with Crippen LogP contribution in [0.2, 0.25) is 10.0 Å². The molecular weight excluding hydrogens is 377 g/mol. The van der Waals surface area contributed by atoms with E-state index >= 15 is 0 Å². The predicted molar refractivity (Wildman–Crippen MR) is 103 cm³/mol. The van der Waals surface area contributed by atoms with Crippen molar-refractivity contribution in [1.29, 1.82) is 0 Å². The normalized spacial score (nSPS) is 10.7. The van der Waals surface area contributed by atoms with Crippen molar-refractivity contribution in [2.75, 3.05) is 5.32 Å². The molecule has 1 amide bonds. The van der Waals surface area contributed by atoms with Crippen LogP contribution in [0.15, 0.2) is 64.9 Å². The Hall–Kier alpha value is -1.95. The molecule has 0 aliphatic rings. The first-order chi connectivity index (χ1) is 12.0. The first-order valence-electron chi connectivity index (χ1n) is 7.50. The summed E-state index contributed by atoms with van der Waals surface area (Å²) in [5, 5.41) is 4.97. The molecule has 0 bridgehead atoms. The van der Waals surface area contributed by atoms with Crippen LogP contribution in [-0.4, -0.2) is 15.5 Å². The minimum Gasteiger partial charge on any atom is -0.329 e. The fourth-order valence-electron chi connectivity index (χ4n) is 2.22. The van der Waals surface area contributed by atoms with Gasteiger partial charge in [0.05, 0.1) is 12.1 Å². The van der Waals surface area contributed by atoms with Crippen LogP contribution in [0.5, 0.6) is 0 Å². The van der Waals surface area contributed by atoms with Crippen LogP contribution in [-0.2, 0) is 18.3 Å². The number of halogens is 2. The largest absolute Gasteiger partial charge is 0.329 e. The van der Waals surface area contributed by atoms with E-state index in [1.54, 1.807) is 30.5 Å². The Morgan fingerprint density at radius 3 is 2.56 bits per heavy atom. The number of carbonyl (C=O) groups excluding carboxylic acids is 1. The summed E-state index contributed by atoms with van der Waals surface area (Å²) >= 11 is 13.4. The van der Waals surface area contributed by atoms with Gasteiger partial charge in [-0.1, -0.05) is 35.3 Å². The number of anilines is 1. The van der Waals surface area contributed by atoms with Crippen LogP contribution in [0.4, 0.5) is 5.69 Å². The van der Waals surface area contributed by atoms with Crippen molar-refractivity contribution in [2.24, 2.45) is 7.05 Å². The van der Waals surface area contributed by atoms with Crippen molar-refractivity contribution in [3.8, 4) is 0 Å². The maximum Gasteiger partial charge on any atom is 0.228 e. The lowest BCUT2D eigenvalue weighted by Gasteiger charge is -2.11. The molecule has 0 fully saturated rings. The summed E-state index contributed by atoms with van der Waals surface area (Å²) in [7, 11) is 1.92. The van der Waals surface area contributed by atoms with E-state index in [2.05, 4.69) is 10.3 Å². The molecule has 0 unspecified atom stereocenters. The molecule has 128 valence electrons. The molecular formula is C18H15Cl2N3OS. The van der Waals surface area contributed by atoms with Crippen molar-refractivity contribution in [1.82, 2.24) is 9.55 Å². The van der Waals surface area contributed by atoms with Crippen molar-refractivity contribution in [3.05, 3.63) is 70.5 Å². The van der Waals surface area contributed by atoms with E-state index in [9.17, 15) is 4.79 Å². The van der Waals surface area contributed by atoms with Gasteiger partial charge in [0.1, 0.15) is 0 Å². The Kier molecular flexibility index (Phi) is 5.68. The molecule has 0 radical (unpaired) electrons. The molecule has 1 N–H and O–H groups in total. The third-order valence-electron chi connectivity index (χ3n) is 3.47. The summed E-state index contributed by atoms with van der Waals surface area (Å²) in [6.45, 7) is 0. The lowest BCUT2D eigenvalue weighted by Crippen LogP contribution is -2.15. The molecule has 1 aromatic heterocycles. The molecule has 0 aliphatic carbocycles. The van der Waals surface area contributed by atoms with Crippen LogP contribution >= 0.6 is 35.0 Å². The van der Waals surface area contributed by atoms with E-state index in [0.717, 1.165) is 15.6 Å². The molecule has 25 heavy (non-hydrogen) atoms. The van der Waals surface area contributed by atoms with E-state index in [1.165, 1.54) is 11.8 Å². The van der Waals surface area contributed by atoms with Gasteiger partial charge in [0.2, 0.25) is 5.91 Å². The zero-order valence-corrected chi connectivity index (χ0v) is 15.7. The van der Waals surface area contributed by atoms with Crippen LogP contribution in [0, 0.1) is 0 Å². The number of nitrogens with one attached hydrogen (secondary N) is 1. The zero-order chi connectivity index (χ0) is 17.8. The highest BCUT2D eigenvalue weighted by atomic mass is 35.5. The summed E-state index contributed by atoms with van der Waals surface area (Å²) in [6.07, 6.45) is 3.87. The highest BCUT2D eigenvalue weighted by molar-refractivity contribution is 7.99. The number of hydrogen-bond donors (Lipinski definition) is 1. The Morgan fingerprint density at radius 2 is 1.88 bits per heavy atom. The van der Waals surface area contributed by atoms with Crippen molar-refractivity contribution in [3.63, 3.8) is 0 Å². The fourth-order valence-corrected chi connectivity index (χ4v) is 3.39. The van der Waals surface area contributed by atoms with Gasteiger partial charge in [-0.2, -0.15) is 0 Å². The minimum absolute atomic E-state index is 0.119. The van der Waals surface area contributed by atoms with Gasteiger partial charge in [-0.05, 0) is 47.7 Å². The van der Waals surface area contributed by atoms with Gasteiger partial charge in [-0.15, -0.1) is 0 Å². The number of aryl methyl sites for hydroxylation is 1. The Balaban J connectivity index is 1.76. The average molecular weight is 392 g/mol. The van der Waals surface area contributed by atoms with E-state index < -0.39 is 0 Å². The number of hydrogen-bond acceptors (Lipinski definition) is 3. The van der Waals surface area contributed by atoms with E-state index in [-0.39, 0.29) is 12.3 Å². The van der Waals surface area contributed by atoms with E-state index in [4.69, 9.17) is 23.2 Å². The molecule has 0 saturated carbocycles. The van der Waals surface area contributed by atoms with E-state index in [1.807, 2.05) is 36.0 Å². The number of aromatic nitrogens is 2. The van der Waals surface area contributed by atoms with Gasteiger partial charge in [0.15, 0.2) is 5.16 Å². The van der Waals surface area contributed by atoms with Crippen LogP contribution in [0.25, 0.3) is 0 Å². The summed E-state index contributed by atoms with van der Waals surface area (Å²) in [5.41, 5.74) is 1.56. The topological polar surface area (TPSA) is 46.9 Å². The van der Waals surface area contributed by atoms with Crippen LogP contribution < -0.4 is 5.32 Å². The van der Waals surface area contributed by atoms with Crippen LogP contribution in [0.3, 0.4) is 0 Å². The first-order valence-corrected chi connectivity index (χ1v) is 9.07. The van der Waals surface area contributed by atoms with Crippen molar-refractivity contribution >= 4 is 46.6 Å². The number of imidazole rings is 1. The summed E-state index contributed by atoms with van der Waals surface area (Å²) in [5.74, 6) is -0.119. The second-order valence-electron chi connectivity index (χ2n) is 5.41. The molecule has 0 spiro atoms. The SMILES string of the molecule is Cn1ccnc1Sc1ccc(Cl)cc1NC(=O)Cc1ccc(Cl)cc1. The summed E-state index contributed by atoms with van der Waals surface area (Å²) in [6, 6.07) is 12.6. The van der Waals surface area contributed by atoms with Gasteiger partial charge in [0.25, 0.3) is 0 Å². The van der Waals surface area contributed by atoms with Gasteiger partial charge < -0.3 is 9.88 Å². The second kappa shape index (κ2) is 7.95. The molecule has 0 atom stereocenters. The molecule has 3 aromatic rings. The first kappa shape index (κ1) is 17.9. The maximum absolute atomic E-state index is 12.4. The molecule has 0 aliphatic heterocycles. The molecule has 1 heterocycles. The highest BCUT2D eigenvalue weighted by Gasteiger charge is 2.12. The van der Waals surface area contributed by atoms with E-state index in [0.29, 0.717) is 15.7 Å². The Labute approximate surface area is 160 Å². The quantitative estimate of drug-likeness (QED) is 0.660. The van der Waals surface area contributed by atoms with Gasteiger partial charge >= 0.3 is 0 Å². The van der Waals surface area contributed by atoms with Gasteiger partial charge in [-0.25, -0.2) is 4.98 Å². The third-order valence-corrected chi connectivity index (χ3v) is 5.11. The second-order valence-corrected chi connectivity index (χ2v) is 7.30. The minimum atomic E-state index is -0.119. The Bertz CT molecular complexity index is 894. The summed E-state index contributed by atoms with van der Waals surface area (Å²) < 4.78 is 1.92. The van der Waals surface area contributed by atoms with Crippen molar-refractivity contribution in [2.45, 2.75) is 16.5 Å². The third kappa shape index (κ3) is 4.78. The molecule has 0 saturated heterocycles.